The molecule has 0 heterocycles. The summed E-state index contributed by atoms with van der Waals surface area (Å²) in [6.45, 7) is 1.21. The number of carbonyl (C=O) groups excluding carboxylic acids is 2. The first-order valence-electron chi connectivity index (χ1n) is 12.3. The Balaban J connectivity index is 0.000000263. The normalized spacial score (nSPS) is 10.8. The molecule has 0 saturated carbocycles. The molecule has 0 aromatic heterocycles. The van der Waals surface area contributed by atoms with E-state index in [4.69, 9.17) is 39.1 Å². The average Bonchev–Trinajstić information content (AvgIpc) is 2.93. The molecule has 0 bridgehead atoms. The molecular weight excluding hydrogens is 653 g/mol. The van der Waals surface area contributed by atoms with Gasteiger partial charge in [-0.3, -0.25) is 4.79 Å². The largest absolute Gasteiger partial charge is 0.508 e. The van der Waals surface area contributed by atoms with Gasteiger partial charge in [0, 0.05) is 29.7 Å². The Hall–Kier alpha value is -4.82. The summed E-state index contributed by atoms with van der Waals surface area (Å²) >= 11 is 10.9. The molecule has 0 fully saturated rings. The molecule has 4 aromatic carbocycles. The summed E-state index contributed by atoms with van der Waals surface area (Å²) in [6, 6.07) is 17.5. The van der Waals surface area contributed by atoms with Crippen LogP contribution in [0, 0.1) is 0 Å². The Morgan fingerprint density at radius 1 is 0.622 bits per heavy atom. The minimum absolute atomic E-state index is 0.0264. The molecule has 0 saturated heterocycles. The fourth-order valence-corrected chi connectivity index (χ4v) is 3.61. The number of hydrogen-bond acceptors (Lipinski definition) is 5. The van der Waals surface area contributed by atoms with E-state index in [0.29, 0.717) is 11.4 Å². The van der Waals surface area contributed by atoms with Crippen LogP contribution in [0.2, 0.25) is 10.0 Å². The van der Waals surface area contributed by atoms with Crippen LogP contribution in [0.4, 0.5) is 53.9 Å². The van der Waals surface area contributed by atoms with Crippen LogP contribution >= 0.6 is 23.2 Å². The van der Waals surface area contributed by atoms with Crippen LogP contribution in [0.25, 0.3) is 0 Å². The molecule has 0 atom stereocenters. The van der Waals surface area contributed by atoms with Crippen molar-refractivity contribution in [3.05, 3.63) is 106 Å². The number of anilines is 4. The second kappa shape index (κ2) is 15.8. The van der Waals surface area contributed by atoms with Crippen LogP contribution in [0.1, 0.15) is 18.1 Å². The summed E-state index contributed by atoms with van der Waals surface area (Å²) in [4.78, 5) is 22.3. The van der Waals surface area contributed by atoms with Crippen LogP contribution < -0.4 is 21.7 Å². The minimum atomic E-state index is -4.61. The maximum absolute atomic E-state index is 12.7. The van der Waals surface area contributed by atoms with E-state index >= 15 is 0 Å². The van der Waals surface area contributed by atoms with E-state index in [1.807, 2.05) is 0 Å². The zero-order valence-corrected chi connectivity index (χ0v) is 24.4. The number of nitrogens with one attached hydrogen (secondary N) is 3. The van der Waals surface area contributed by atoms with Crippen molar-refractivity contribution in [1.82, 2.24) is 0 Å². The molecule has 7 N–H and O–H groups in total. The zero-order valence-electron chi connectivity index (χ0n) is 22.9. The number of nitrogen functional groups attached to an aromatic ring is 1. The van der Waals surface area contributed by atoms with Crippen molar-refractivity contribution >= 4 is 57.9 Å². The molecule has 0 spiro atoms. The van der Waals surface area contributed by atoms with E-state index in [-0.39, 0.29) is 22.9 Å². The Kier molecular flexibility index (Phi) is 12.7. The Morgan fingerprint density at radius 3 is 1.36 bits per heavy atom. The van der Waals surface area contributed by atoms with E-state index in [2.05, 4.69) is 16.0 Å². The molecule has 0 aliphatic carbocycles. The molecule has 4 rings (SSSR count). The van der Waals surface area contributed by atoms with Gasteiger partial charge >= 0.3 is 18.4 Å². The number of urea groups is 1. The van der Waals surface area contributed by atoms with Gasteiger partial charge in [0.05, 0.1) is 21.2 Å². The first-order chi connectivity index (χ1) is 20.8. The Labute approximate surface area is 262 Å². The Morgan fingerprint density at radius 2 is 0.978 bits per heavy atom. The average molecular weight is 677 g/mol. The summed E-state index contributed by atoms with van der Waals surface area (Å²) < 4.78 is 75.3. The SMILES string of the molecule is CC(=O)Nc1ccc(Cl)c(C(F)(F)F)c1.Nc1ccc(O)cc1.O=C(Nc1ccc(O)cc1)Nc1ccc(Cl)c(C(F)(F)F)c1. The van der Waals surface area contributed by atoms with E-state index in [9.17, 15) is 35.9 Å². The lowest BCUT2D eigenvalue weighted by atomic mass is 10.2. The number of nitrogens with two attached hydrogens (primary N) is 1. The molecular formula is C29H24Cl2F6N4O4. The van der Waals surface area contributed by atoms with Crippen molar-refractivity contribution in [2.45, 2.75) is 19.3 Å². The molecule has 0 radical (unpaired) electrons. The van der Waals surface area contributed by atoms with E-state index in [0.717, 1.165) is 24.3 Å². The number of halogens is 8. The number of rotatable bonds is 3. The quantitative estimate of drug-likeness (QED) is 0.0731. The monoisotopic (exact) mass is 676 g/mol. The zero-order chi connectivity index (χ0) is 33.9. The third kappa shape index (κ3) is 12.7. The molecule has 240 valence electrons. The number of phenols is 2. The molecule has 4 aromatic rings. The molecule has 0 unspecified atom stereocenters. The van der Waals surface area contributed by atoms with Gasteiger partial charge in [0.15, 0.2) is 0 Å². The fraction of sp³-hybridized carbons (Fsp3) is 0.103. The highest BCUT2D eigenvalue weighted by Gasteiger charge is 2.34. The fourth-order valence-electron chi connectivity index (χ4n) is 3.16. The summed E-state index contributed by atoms with van der Waals surface area (Å²) in [5.41, 5.74) is 4.39. The maximum atomic E-state index is 12.7. The second-order valence-electron chi connectivity index (χ2n) is 8.78. The van der Waals surface area contributed by atoms with Gasteiger partial charge in [-0.15, -0.1) is 0 Å². The highest BCUT2D eigenvalue weighted by atomic mass is 35.5. The second-order valence-corrected chi connectivity index (χ2v) is 9.60. The first kappa shape index (κ1) is 36.4. The molecule has 8 nitrogen and oxygen atoms in total. The Bertz CT molecular complexity index is 1580. The lowest BCUT2D eigenvalue weighted by Gasteiger charge is -2.12. The van der Waals surface area contributed by atoms with Crippen molar-refractivity contribution in [2.75, 3.05) is 21.7 Å². The number of aromatic hydroxyl groups is 2. The van der Waals surface area contributed by atoms with Crippen LogP contribution in [-0.4, -0.2) is 22.2 Å². The third-order valence-corrected chi connectivity index (χ3v) is 5.80. The standard InChI is InChI=1S/C14H10ClF3N2O2.C9H7ClF3NO.C6H7NO/c15-12-6-3-9(7-11(12)14(16,17)18)20-13(22)19-8-1-4-10(21)5-2-8;1-5(15)14-6-2-3-8(10)7(4-6)9(11,12)13;7-5-1-3-6(8)4-2-5/h1-7,21H,(H2,19,20,22);2-4H,1H3,(H,14,15);1-4,8H,7H2. The molecule has 16 heteroatoms. The van der Waals surface area contributed by atoms with Crippen LogP contribution in [0.3, 0.4) is 0 Å². The summed E-state index contributed by atoms with van der Waals surface area (Å²) in [5, 5.41) is 23.9. The summed E-state index contributed by atoms with van der Waals surface area (Å²) in [5.74, 6) is -0.164. The van der Waals surface area contributed by atoms with Crippen molar-refractivity contribution < 1.29 is 46.1 Å². The highest BCUT2D eigenvalue weighted by molar-refractivity contribution is 6.31. The number of hydrogen-bond donors (Lipinski definition) is 6. The van der Waals surface area contributed by atoms with Gasteiger partial charge in [-0.25, -0.2) is 4.79 Å². The number of alkyl halides is 6. The van der Waals surface area contributed by atoms with E-state index in [1.165, 1.54) is 43.3 Å². The molecule has 45 heavy (non-hydrogen) atoms. The van der Waals surface area contributed by atoms with Gasteiger partial charge in [0.2, 0.25) is 5.91 Å². The summed E-state index contributed by atoms with van der Waals surface area (Å²) in [7, 11) is 0. The maximum Gasteiger partial charge on any atom is 0.417 e. The van der Waals surface area contributed by atoms with Crippen molar-refractivity contribution in [2.24, 2.45) is 0 Å². The van der Waals surface area contributed by atoms with E-state index in [1.54, 1.807) is 24.3 Å². The molecule has 0 aliphatic rings. The lowest BCUT2D eigenvalue weighted by molar-refractivity contribution is -0.138. The van der Waals surface area contributed by atoms with Gasteiger partial charge in [0.25, 0.3) is 0 Å². The van der Waals surface area contributed by atoms with Crippen molar-refractivity contribution in [1.29, 1.82) is 0 Å². The van der Waals surface area contributed by atoms with Gasteiger partial charge < -0.3 is 31.9 Å². The first-order valence-corrected chi connectivity index (χ1v) is 13.0. The topological polar surface area (TPSA) is 137 Å². The van der Waals surface area contributed by atoms with E-state index < -0.39 is 45.5 Å². The van der Waals surface area contributed by atoms with Crippen LogP contribution in [0.15, 0.2) is 84.9 Å². The van der Waals surface area contributed by atoms with Crippen LogP contribution in [-0.2, 0) is 17.1 Å². The number of amides is 3. The number of phenolic OH excluding ortho intramolecular Hbond substituents is 2. The van der Waals surface area contributed by atoms with Gasteiger partial charge in [-0.05, 0) is 84.9 Å². The van der Waals surface area contributed by atoms with Gasteiger partial charge in [0.1, 0.15) is 11.5 Å². The summed E-state index contributed by atoms with van der Waals surface area (Å²) in [6.07, 6.45) is -9.13. The number of carbonyl (C=O) groups is 2. The van der Waals surface area contributed by atoms with Gasteiger partial charge in [-0.1, -0.05) is 23.2 Å². The predicted octanol–water partition coefficient (Wildman–Crippen LogP) is 9.00. The van der Waals surface area contributed by atoms with Crippen LogP contribution in [0.5, 0.6) is 11.5 Å². The minimum Gasteiger partial charge on any atom is -0.508 e. The number of benzene rings is 4. The predicted molar refractivity (Wildman–Crippen MR) is 160 cm³/mol. The molecule has 3 amide bonds. The van der Waals surface area contributed by atoms with Crippen molar-refractivity contribution in [3.63, 3.8) is 0 Å². The van der Waals surface area contributed by atoms with Gasteiger partial charge in [-0.2, -0.15) is 26.3 Å². The van der Waals surface area contributed by atoms with Crippen molar-refractivity contribution in [3.8, 4) is 11.5 Å². The molecule has 0 aliphatic heterocycles. The third-order valence-electron chi connectivity index (χ3n) is 5.14. The highest BCUT2D eigenvalue weighted by Crippen LogP contribution is 2.37. The smallest absolute Gasteiger partial charge is 0.417 e. The lowest BCUT2D eigenvalue weighted by Crippen LogP contribution is -2.19.